The predicted molar refractivity (Wildman–Crippen MR) is 215 cm³/mol. The molecule has 52 heavy (non-hydrogen) atoms. The van der Waals surface area contributed by atoms with Crippen LogP contribution in [0.4, 0.5) is 0 Å². The van der Waals surface area contributed by atoms with E-state index in [1.807, 2.05) is 12.4 Å². The van der Waals surface area contributed by atoms with Gasteiger partial charge in [0.1, 0.15) is 5.82 Å². The van der Waals surface area contributed by atoms with Crippen molar-refractivity contribution in [3.63, 3.8) is 0 Å². The highest BCUT2D eigenvalue weighted by Crippen LogP contribution is 2.41. The Balaban J connectivity index is 1.05. The number of pyridine rings is 2. The van der Waals surface area contributed by atoms with Crippen molar-refractivity contribution in [1.29, 1.82) is 0 Å². The number of hydrogen-bond donors (Lipinski definition) is 2. The summed E-state index contributed by atoms with van der Waals surface area (Å²) in [7, 11) is 0. The van der Waals surface area contributed by atoms with Gasteiger partial charge in [-0.2, -0.15) is 0 Å². The number of aromatic nitrogens is 6. The molecule has 6 aromatic carbocycles. The molecule has 0 fully saturated rings. The van der Waals surface area contributed by atoms with E-state index < -0.39 is 0 Å². The lowest BCUT2D eigenvalue weighted by Crippen LogP contribution is -1.99. The molecule has 12 aromatic rings. The van der Waals surface area contributed by atoms with Gasteiger partial charge in [-0.15, -0.1) is 0 Å². The minimum atomic E-state index is 0.858. The number of rotatable bonds is 3. The van der Waals surface area contributed by atoms with Gasteiger partial charge in [0.25, 0.3) is 0 Å². The number of fused-ring (bicyclic) bond motifs is 14. The van der Waals surface area contributed by atoms with E-state index in [0.29, 0.717) is 0 Å². The molecule has 6 heteroatoms. The van der Waals surface area contributed by atoms with Crippen LogP contribution in [0.3, 0.4) is 0 Å². The highest BCUT2D eigenvalue weighted by atomic mass is 15.1. The standard InChI is InChI=1S/C46H28N6/c1-5-13-36-33(11-1)43-38(49-36)21-18-31-29-9-3-7-15-40(29)51(45(31)43)28-17-20-35(48-26-28)27-23-24-47-42(25-27)52-41-16-8-4-10-30(41)32-19-22-39-44(46(32)52)34-12-2-6-14-37(34)50-39/h1-26,49-50H. The first kappa shape index (κ1) is 27.6. The summed E-state index contributed by atoms with van der Waals surface area (Å²) in [6.07, 6.45) is 3.90. The third-order valence-electron chi connectivity index (χ3n) is 10.9. The van der Waals surface area contributed by atoms with Gasteiger partial charge in [0.2, 0.25) is 0 Å². The second-order valence-corrected chi connectivity index (χ2v) is 13.6. The molecule has 12 rings (SSSR count). The van der Waals surface area contributed by atoms with Crippen LogP contribution in [0.15, 0.2) is 158 Å². The van der Waals surface area contributed by atoms with Crippen molar-refractivity contribution in [3.8, 4) is 22.8 Å². The zero-order valence-corrected chi connectivity index (χ0v) is 27.8. The van der Waals surface area contributed by atoms with Crippen molar-refractivity contribution in [2.75, 3.05) is 0 Å². The molecule has 0 saturated carbocycles. The summed E-state index contributed by atoms with van der Waals surface area (Å²) >= 11 is 0. The Kier molecular flexibility index (Phi) is 5.41. The lowest BCUT2D eigenvalue weighted by atomic mass is 10.1. The van der Waals surface area contributed by atoms with Crippen LogP contribution in [0.2, 0.25) is 0 Å². The molecule has 0 saturated heterocycles. The van der Waals surface area contributed by atoms with E-state index in [1.54, 1.807) is 0 Å². The Bertz CT molecular complexity index is 3410. The molecule has 0 atom stereocenters. The Labute approximate surface area is 296 Å². The summed E-state index contributed by atoms with van der Waals surface area (Å²) in [4.78, 5) is 17.4. The fourth-order valence-electron chi connectivity index (χ4n) is 8.67. The molecule has 0 aliphatic carbocycles. The Morgan fingerprint density at radius 3 is 1.60 bits per heavy atom. The summed E-state index contributed by atoms with van der Waals surface area (Å²) in [5.41, 5.74) is 12.0. The number of nitrogens with zero attached hydrogens (tertiary/aromatic N) is 4. The van der Waals surface area contributed by atoms with E-state index in [-0.39, 0.29) is 0 Å². The Morgan fingerprint density at radius 2 is 0.981 bits per heavy atom. The SMILES string of the molecule is c1ccc2c(c1)[nH]c1ccc3c4ccccc4n(-c4ccc(-c5ccnc(-n6c7ccccc7c7ccc8[nH]c9ccccc9c8c76)c5)nc4)c3c12. The van der Waals surface area contributed by atoms with Crippen LogP contribution in [0.1, 0.15) is 0 Å². The maximum atomic E-state index is 5.11. The molecule has 6 nitrogen and oxygen atoms in total. The lowest BCUT2D eigenvalue weighted by molar-refractivity contribution is 1.08. The number of H-pyrrole nitrogens is 2. The van der Waals surface area contributed by atoms with E-state index in [4.69, 9.17) is 9.97 Å². The minimum Gasteiger partial charge on any atom is -0.354 e. The zero-order chi connectivity index (χ0) is 33.9. The van der Waals surface area contributed by atoms with Crippen molar-refractivity contribution in [2.45, 2.75) is 0 Å². The van der Waals surface area contributed by atoms with Gasteiger partial charge in [0.15, 0.2) is 0 Å². The maximum Gasteiger partial charge on any atom is 0.138 e. The summed E-state index contributed by atoms with van der Waals surface area (Å²) in [5, 5.41) is 9.71. The summed E-state index contributed by atoms with van der Waals surface area (Å²) in [6, 6.07) is 51.8. The summed E-state index contributed by atoms with van der Waals surface area (Å²) < 4.78 is 4.68. The first-order valence-corrected chi connectivity index (χ1v) is 17.6. The van der Waals surface area contributed by atoms with Crippen molar-refractivity contribution in [2.24, 2.45) is 0 Å². The van der Waals surface area contributed by atoms with Crippen LogP contribution in [0.5, 0.6) is 0 Å². The fourth-order valence-corrected chi connectivity index (χ4v) is 8.67. The average Bonchev–Trinajstić information content (AvgIpc) is 3.95. The van der Waals surface area contributed by atoms with Crippen molar-refractivity contribution < 1.29 is 0 Å². The van der Waals surface area contributed by atoms with Gasteiger partial charge in [-0.1, -0.05) is 84.9 Å². The molecule has 0 unspecified atom stereocenters. The second-order valence-electron chi connectivity index (χ2n) is 13.6. The van der Waals surface area contributed by atoms with Crippen LogP contribution in [0, 0.1) is 0 Å². The molecule has 0 amide bonds. The van der Waals surface area contributed by atoms with Crippen LogP contribution in [-0.2, 0) is 0 Å². The van der Waals surface area contributed by atoms with E-state index >= 15 is 0 Å². The molecule has 0 bridgehead atoms. The van der Waals surface area contributed by atoms with Crippen molar-refractivity contribution >= 4 is 87.2 Å². The van der Waals surface area contributed by atoms with Gasteiger partial charge < -0.3 is 14.5 Å². The van der Waals surface area contributed by atoms with Crippen molar-refractivity contribution in [3.05, 3.63) is 158 Å². The Hall–Kier alpha value is -7.18. The third-order valence-corrected chi connectivity index (χ3v) is 10.9. The van der Waals surface area contributed by atoms with Crippen LogP contribution in [0.25, 0.3) is 110 Å². The zero-order valence-electron chi connectivity index (χ0n) is 27.8. The fraction of sp³-hybridized carbons (Fsp3) is 0. The summed E-state index contributed by atoms with van der Waals surface area (Å²) in [5.74, 6) is 0.858. The van der Waals surface area contributed by atoms with E-state index in [9.17, 15) is 0 Å². The number of hydrogen-bond acceptors (Lipinski definition) is 2. The van der Waals surface area contributed by atoms with Crippen molar-refractivity contribution in [1.82, 2.24) is 29.1 Å². The molecule has 0 aliphatic rings. The average molecular weight is 665 g/mol. The molecule has 0 spiro atoms. The highest BCUT2D eigenvalue weighted by molar-refractivity contribution is 6.26. The normalized spacial score (nSPS) is 12.2. The van der Waals surface area contributed by atoms with Crippen LogP contribution < -0.4 is 0 Å². The quantitative estimate of drug-likeness (QED) is 0.197. The van der Waals surface area contributed by atoms with E-state index in [2.05, 4.69) is 165 Å². The molecule has 0 radical (unpaired) electrons. The molecule has 242 valence electrons. The predicted octanol–water partition coefficient (Wildman–Crippen LogP) is 11.6. The number of benzene rings is 6. The first-order valence-electron chi connectivity index (χ1n) is 17.6. The van der Waals surface area contributed by atoms with Gasteiger partial charge in [-0.05, 0) is 60.7 Å². The molecule has 0 aliphatic heterocycles. The van der Waals surface area contributed by atoms with Crippen LogP contribution >= 0.6 is 0 Å². The molecular formula is C46H28N6. The number of aromatic amines is 2. The smallest absolute Gasteiger partial charge is 0.138 e. The molecule has 2 N–H and O–H groups in total. The lowest BCUT2D eigenvalue weighted by Gasteiger charge is -2.11. The molecule has 6 aromatic heterocycles. The maximum absolute atomic E-state index is 5.11. The Morgan fingerprint density at radius 1 is 0.423 bits per heavy atom. The van der Waals surface area contributed by atoms with Gasteiger partial charge in [0, 0.05) is 76.9 Å². The van der Waals surface area contributed by atoms with Gasteiger partial charge in [0.05, 0.1) is 39.6 Å². The summed E-state index contributed by atoms with van der Waals surface area (Å²) in [6.45, 7) is 0. The second kappa shape index (κ2) is 10.2. The third kappa shape index (κ3) is 3.67. The largest absolute Gasteiger partial charge is 0.354 e. The molecular weight excluding hydrogens is 637 g/mol. The van der Waals surface area contributed by atoms with Gasteiger partial charge >= 0.3 is 0 Å². The number of para-hydroxylation sites is 4. The number of nitrogens with one attached hydrogen (secondary N) is 2. The van der Waals surface area contributed by atoms with Crippen LogP contribution in [-0.4, -0.2) is 29.1 Å². The monoisotopic (exact) mass is 664 g/mol. The van der Waals surface area contributed by atoms with Gasteiger partial charge in [-0.3, -0.25) is 9.55 Å². The minimum absolute atomic E-state index is 0.858. The molecule has 6 heterocycles. The van der Waals surface area contributed by atoms with E-state index in [0.717, 1.165) is 61.4 Å². The topological polar surface area (TPSA) is 67.2 Å². The van der Waals surface area contributed by atoms with Gasteiger partial charge in [-0.25, -0.2) is 4.98 Å². The van der Waals surface area contributed by atoms with E-state index in [1.165, 1.54) is 48.6 Å². The first-order chi connectivity index (χ1) is 25.8. The highest BCUT2D eigenvalue weighted by Gasteiger charge is 2.20.